The van der Waals surface area contributed by atoms with Crippen LogP contribution >= 0.6 is 0 Å². The van der Waals surface area contributed by atoms with Crippen LogP contribution in [0.2, 0.25) is 0 Å². The molecule has 60 heavy (non-hydrogen) atoms. The summed E-state index contributed by atoms with van der Waals surface area (Å²) in [5.74, 6) is 0. The van der Waals surface area contributed by atoms with E-state index in [9.17, 15) is 0 Å². The summed E-state index contributed by atoms with van der Waals surface area (Å²) in [6.45, 7) is 0. The minimum absolute atomic E-state index is 1.10. The van der Waals surface area contributed by atoms with Crippen LogP contribution in [-0.2, 0) is 0 Å². The molecule has 0 saturated carbocycles. The van der Waals surface area contributed by atoms with Crippen LogP contribution in [0.15, 0.2) is 243 Å². The van der Waals surface area contributed by atoms with Crippen molar-refractivity contribution in [2.45, 2.75) is 0 Å². The van der Waals surface area contributed by atoms with Gasteiger partial charge in [0.2, 0.25) is 0 Å². The van der Waals surface area contributed by atoms with Gasteiger partial charge in [0, 0.05) is 33.5 Å². The molecule has 0 spiro atoms. The Kier molecular flexibility index (Phi) is 8.87. The maximum absolute atomic E-state index is 2.38. The molecular weight excluding hydrogens is 725 g/mol. The summed E-state index contributed by atoms with van der Waals surface area (Å²) in [7, 11) is 0. The van der Waals surface area contributed by atoms with Crippen LogP contribution in [0.4, 0.5) is 17.1 Å². The zero-order valence-corrected chi connectivity index (χ0v) is 33.0. The summed E-state index contributed by atoms with van der Waals surface area (Å²) < 4.78 is 2.37. The zero-order chi connectivity index (χ0) is 39.8. The summed E-state index contributed by atoms with van der Waals surface area (Å²) in [5.41, 5.74) is 16.6. The van der Waals surface area contributed by atoms with Gasteiger partial charge in [0.05, 0.1) is 11.0 Å². The molecule has 0 atom stereocenters. The molecule has 11 rings (SSSR count). The summed E-state index contributed by atoms with van der Waals surface area (Å²) in [5, 5.41) is 4.99. The van der Waals surface area contributed by atoms with Crippen LogP contribution in [0, 0.1) is 0 Å². The van der Waals surface area contributed by atoms with Crippen molar-refractivity contribution in [2.24, 2.45) is 0 Å². The van der Waals surface area contributed by atoms with Gasteiger partial charge in [-0.05, 0) is 122 Å². The molecule has 2 nitrogen and oxygen atoms in total. The van der Waals surface area contributed by atoms with Crippen LogP contribution in [0.5, 0.6) is 0 Å². The predicted molar refractivity (Wildman–Crippen MR) is 255 cm³/mol. The quantitative estimate of drug-likeness (QED) is 0.150. The van der Waals surface area contributed by atoms with Gasteiger partial charge in [-0.15, -0.1) is 0 Å². The van der Waals surface area contributed by atoms with Gasteiger partial charge in [-0.25, -0.2) is 0 Å². The lowest BCUT2D eigenvalue weighted by atomic mass is 9.91. The first-order valence-electron chi connectivity index (χ1n) is 20.6. The average Bonchev–Trinajstić information content (AvgIpc) is 3.66. The Balaban J connectivity index is 0.971. The molecule has 0 radical (unpaired) electrons. The molecule has 0 N–H and O–H groups in total. The first-order valence-corrected chi connectivity index (χ1v) is 20.6. The van der Waals surface area contributed by atoms with Crippen LogP contribution in [0.3, 0.4) is 0 Å². The van der Waals surface area contributed by atoms with E-state index in [1.807, 2.05) is 0 Å². The van der Waals surface area contributed by atoms with Gasteiger partial charge in [-0.3, -0.25) is 0 Å². The highest BCUT2D eigenvalue weighted by molar-refractivity contribution is 6.12. The van der Waals surface area contributed by atoms with Crippen molar-refractivity contribution in [3.63, 3.8) is 0 Å². The number of hydrogen-bond donors (Lipinski definition) is 0. The first kappa shape index (κ1) is 35.2. The van der Waals surface area contributed by atoms with Crippen LogP contribution in [-0.4, -0.2) is 4.57 Å². The highest BCUT2D eigenvalue weighted by Gasteiger charge is 2.17. The lowest BCUT2D eigenvalue weighted by Crippen LogP contribution is -2.09. The third kappa shape index (κ3) is 6.32. The van der Waals surface area contributed by atoms with Gasteiger partial charge in [-0.2, -0.15) is 0 Å². The van der Waals surface area contributed by atoms with E-state index in [2.05, 4.69) is 252 Å². The molecule has 11 aromatic rings. The average molecular weight is 765 g/mol. The van der Waals surface area contributed by atoms with E-state index >= 15 is 0 Å². The van der Waals surface area contributed by atoms with E-state index in [0.29, 0.717) is 0 Å². The van der Waals surface area contributed by atoms with Crippen molar-refractivity contribution >= 4 is 49.6 Å². The molecule has 0 bridgehead atoms. The number of benzene rings is 10. The van der Waals surface area contributed by atoms with Crippen molar-refractivity contribution in [3.8, 4) is 50.2 Å². The molecule has 0 aliphatic carbocycles. The van der Waals surface area contributed by atoms with Crippen molar-refractivity contribution in [3.05, 3.63) is 243 Å². The number of aromatic nitrogens is 1. The van der Waals surface area contributed by atoms with E-state index in [4.69, 9.17) is 0 Å². The van der Waals surface area contributed by atoms with E-state index in [-0.39, 0.29) is 0 Å². The largest absolute Gasteiger partial charge is 0.311 e. The first-order chi connectivity index (χ1) is 29.8. The van der Waals surface area contributed by atoms with Gasteiger partial charge < -0.3 is 9.47 Å². The Morgan fingerprint density at radius 1 is 0.250 bits per heavy atom. The SMILES string of the molecule is c1ccc(-c2ccc(N(c3ccc(-c4ccccc4)cc3)c3ccc(-c4ccc(-c5ccc6c(c5)c5ccccc5n6-c5ccccc5)c5ccccc45)cc3)cc2)cc1. The molecule has 1 heterocycles. The molecular formula is C58H40N2. The molecule has 0 fully saturated rings. The smallest absolute Gasteiger partial charge is 0.0541 e. The topological polar surface area (TPSA) is 8.17 Å². The fourth-order valence-electron chi connectivity index (χ4n) is 8.90. The third-order valence-electron chi connectivity index (χ3n) is 11.8. The number of anilines is 3. The Hall–Kier alpha value is -7.94. The fraction of sp³-hybridized carbons (Fsp3) is 0. The van der Waals surface area contributed by atoms with Crippen LogP contribution in [0.25, 0.3) is 82.8 Å². The van der Waals surface area contributed by atoms with E-state index in [0.717, 1.165) is 17.1 Å². The van der Waals surface area contributed by atoms with E-state index in [1.165, 1.54) is 82.8 Å². The van der Waals surface area contributed by atoms with E-state index < -0.39 is 0 Å². The maximum atomic E-state index is 2.38. The molecule has 0 aliphatic rings. The Bertz CT molecular complexity index is 3170. The van der Waals surface area contributed by atoms with Gasteiger partial charge in [0.15, 0.2) is 0 Å². The lowest BCUT2D eigenvalue weighted by molar-refractivity contribution is 1.18. The third-order valence-corrected chi connectivity index (χ3v) is 11.8. The number of nitrogens with zero attached hydrogens (tertiary/aromatic N) is 2. The lowest BCUT2D eigenvalue weighted by Gasteiger charge is -2.26. The Morgan fingerprint density at radius 2 is 0.633 bits per heavy atom. The zero-order valence-electron chi connectivity index (χ0n) is 33.0. The molecule has 1 aromatic heterocycles. The number of fused-ring (bicyclic) bond motifs is 4. The van der Waals surface area contributed by atoms with Crippen molar-refractivity contribution in [1.29, 1.82) is 0 Å². The van der Waals surface area contributed by atoms with Gasteiger partial charge in [-0.1, -0.05) is 176 Å². The van der Waals surface area contributed by atoms with E-state index in [1.54, 1.807) is 0 Å². The Labute approximate surface area is 350 Å². The molecule has 0 amide bonds. The summed E-state index contributed by atoms with van der Waals surface area (Å²) in [6.07, 6.45) is 0. The van der Waals surface area contributed by atoms with Gasteiger partial charge >= 0.3 is 0 Å². The molecule has 10 aromatic carbocycles. The second-order valence-electron chi connectivity index (χ2n) is 15.3. The molecule has 282 valence electrons. The van der Waals surface area contributed by atoms with Crippen molar-refractivity contribution in [1.82, 2.24) is 4.57 Å². The number of para-hydroxylation sites is 2. The van der Waals surface area contributed by atoms with Crippen LogP contribution in [0.1, 0.15) is 0 Å². The highest BCUT2D eigenvalue weighted by atomic mass is 15.1. The minimum Gasteiger partial charge on any atom is -0.311 e. The summed E-state index contributed by atoms with van der Waals surface area (Å²) in [4.78, 5) is 2.35. The van der Waals surface area contributed by atoms with Crippen LogP contribution < -0.4 is 4.90 Å². The number of hydrogen-bond acceptors (Lipinski definition) is 1. The van der Waals surface area contributed by atoms with Crippen molar-refractivity contribution < 1.29 is 0 Å². The monoisotopic (exact) mass is 764 g/mol. The fourth-order valence-corrected chi connectivity index (χ4v) is 8.90. The highest BCUT2D eigenvalue weighted by Crippen LogP contribution is 2.41. The molecule has 0 aliphatic heterocycles. The second-order valence-corrected chi connectivity index (χ2v) is 15.3. The molecule has 0 saturated heterocycles. The standard InChI is InChI=1S/C58H40N2/c1-4-14-41(15-5-1)43-24-31-48(32-25-43)59(49-33-26-44(27-34-49)42-16-6-2-7-17-42)50-35-28-45(29-36-50)51-37-38-52(54-21-11-10-20-53(51)54)46-30-39-58-56(40-46)55-22-12-13-23-57(55)60(58)47-18-8-3-9-19-47/h1-40H. The minimum atomic E-state index is 1.10. The van der Waals surface area contributed by atoms with Gasteiger partial charge in [0.25, 0.3) is 0 Å². The molecule has 2 heteroatoms. The summed E-state index contributed by atoms with van der Waals surface area (Å²) >= 11 is 0. The number of rotatable bonds is 8. The predicted octanol–water partition coefficient (Wildman–Crippen LogP) is 16.1. The second kappa shape index (κ2) is 15.1. The summed E-state index contributed by atoms with van der Waals surface area (Å²) in [6, 6.07) is 87.7. The maximum Gasteiger partial charge on any atom is 0.0541 e. The molecule has 0 unspecified atom stereocenters. The van der Waals surface area contributed by atoms with Crippen molar-refractivity contribution in [2.75, 3.05) is 4.90 Å². The normalized spacial score (nSPS) is 11.3. The van der Waals surface area contributed by atoms with Gasteiger partial charge in [0.1, 0.15) is 0 Å². The Morgan fingerprint density at radius 3 is 1.17 bits per heavy atom.